The molecule has 2 aromatic rings. The summed E-state index contributed by atoms with van der Waals surface area (Å²) in [5.41, 5.74) is 0.970. The second-order valence-corrected chi connectivity index (χ2v) is 5.15. The number of nitrogens with two attached hydrogens (primary N) is 1. The molecule has 24 heavy (non-hydrogen) atoms. The van der Waals surface area contributed by atoms with Gasteiger partial charge in [0.1, 0.15) is 5.69 Å². The Hall–Kier alpha value is -2.29. The highest BCUT2D eigenvalue weighted by molar-refractivity contribution is 6.33. The van der Waals surface area contributed by atoms with E-state index in [0.29, 0.717) is 12.1 Å². The average Bonchev–Trinajstić information content (AvgIpc) is 2.45. The molecule has 0 unspecified atom stereocenters. The Kier molecular flexibility index (Phi) is 4.49. The lowest BCUT2D eigenvalue weighted by atomic mass is 9.96. The average molecular weight is 369 g/mol. The molecular weight excluding hydrogens is 362 g/mol. The van der Waals surface area contributed by atoms with Gasteiger partial charge in [0, 0.05) is 5.56 Å². The number of halogens is 7. The lowest BCUT2D eigenvalue weighted by Crippen LogP contribution is -2.12. The van der Waals surface area contributed by atoms with E-state index < -0.39 is 29.0 Å². The maximum atomic E-state index is 13.2. The highest BCUT2D eigenvalue weighted by atomic mass is 35.5. The molecule has 0 saturated carbocycles. The number of nitrogen functional groups attached to an aromatic ring is 1. The maximum Gasteiger partial charge on any atom is 0.417 e. The molecule has 0 aliphatic rings. The summed E-state index contributed by atoms with van der Waals surface area (Å²) in [6.45, 7) is 0. The monoisotopic (exact) mass is 368 g/mol. The van der Waals surface area contributed by atoms with Gasteiger partial charge in [-0.05, 0) is 35.0 Å². The quantitative estimate of drug-likeness (QED) is 0.400. The van der Waals surface area contributed by atoms with E-state index >= 15 is 0 Å². The number of benzene rings is 2. The number of nitrogens with zero attached hydrogens (tertiary/aromatic N) is 1. The van der Waals surface area contributed by atoms with E-state index in [2.05, 4.69) is 5.18 Å². The molecular formula is C14H7ClF6N2O. The van der Waals surface area contributed by atoms with Crippen LogP contribution >= 0.6 is 11.6 Å². The van der Waals surface area contributed by atoms with Gasteiger partial charge in [-0.15, -0.1) is 4.91 Å². The Morgan fingerprint density at radius 3 is 2.04 bits per heavy atom. The molecule has 2 rings (SSSR count). The molecule has 0 heterocycles. The van der Waals surface area contributed by atoms with Crippen molar-refractivity contribution in [1.82, 2.24) is 0 Å². The standard InChI is InChI=1S/C14H7ClF6N2O/c15-10-5-11(22)12(23-24)4-8(10)7-2-1-6(13(16,17)18)3-9(7)14(19,20)21/h1-5H,22H2. The molecule has 2 aromatic carbocycles. The van der Waals surface area contributed by atoms with Crippen LogP contribution in [0.1, 0.15) is 11.1 Å². The smallest absolute Gasteiger partial charge is 0.397 e. The molecule has 0 atom stereocenters. The van der Waals surface area contributed by atoms with Crippen LogP contribution in [0.25, 0.3) is 11.1 Å². The molecule has 0 aliphatic heterocycles. The molecule has 0 radical (unpaired) electrons. The Balaban J connectivity index is 2.78. The van der Waals surface area contributed by atoms with Gasteiger partial charge in [-0.2, -0.15) is 26.3 Å². The number of hydrogen-bond donors (Lipinski definition) is 1. The van der Waals surface area contributed by atoms with Crippen molar-refractivity contribution in [2.75, 3.05) is 5.73 Å². The third-order valence-electron chi connectivity index (χ3n) is 3.16. The van der Waals surface area contributed by atoms with E-state index in [1.165, 1.54) is 0 Å². The molecule has 3 nitrogen and oxygen atoms in total. The molecule has 0 amide bonds. The summed E-state index contributed by atoms with van der Waals surface area (Å²) >= 11 is 5.83. The molecule has 0 spiro atoms. The number of alkyl halides is 6. The Morgan fingerprint density at radius 2 is 1.54 bits per heavy atom. The second kappa shape index (κ2) is 5.97. The van der Waals surface area contributed by atoms with Crippen LogP contribution in [0.5, 0.6) is 0 Å². The van der Waals surface area contributed by atoms with Crippen molar-refractivity contribution in [3.63, 3.8) is 0 Å². The number of nitroso groups, excluding NO2 is 1. The normalized spacial score (nSPS) is 12.3. The SMILES string of the molecule is Nc1cc(Cl)c(-c2ccc(C(F)(F)F)cc2C(F)(F)F)cc1N=O. The van der Waals surface area contributed by atoms with E-state index in [1.807, 2.05) is 0 Å². The summed E-state index contributed by atoms with van der Waals surface area (Å²) in [6, 6.07) is 3.01. The maximum absolute atomic E-state index is 13.2. The van der Waals surface area contributed by atoms with Crippen molar-refractivity contribution >= 4 is 23.0 Å². The second-order valence-electron chi connectivity index (χ2n) is 4.74. The molecule has 0 aliphatic carbocycles. The van der Waals surface area contributed by atoms with Gasteiger partial charge in [-0.1, -0.05) is 17.7 Å². The molecule has 2 N–H and O–H groups in total. The summed E-state index contributed by atoms with van der Waals surface area (Å²) in [5.74, 6) is 0. The topological polar surface area (TPSA) is 55.4 Å². The number of hydrogen-bond acceptors (Lipinski definition) is 3. The first-order valence-electron chi connectivity index (χ1n) is 6.16. The van der Waals surface area contributed by atoms with Crippen LogP contribution in [0.3, 0.4) is 0 Å². The summed E-state index contributed by atoms with van der Waals surface area (Å²) in [4.78, 5) is 10.6. The minimum Gasteiger partial charge on any atom is -0.397 e. The Labute approximate surface area is 136 Å². The highest BCUT2D eigenvalue weighted by Gasteiger charge is 2.38. The zero-order valence-corrected chi connectivity index (χ0v) is 12.2. The minimum absolute atomic E-state index is 0.0178. The van der Waals surface area contributed by atoms with Crippen LogP contribution in [0.2, 0.25) is 5.02 Å². The van der Waals surface area contributed by atoms with Gasteiger partial charge in [0.25, 0.3) is 0 Å². The van der Waals surface area contributed by atoms with E-state index in [1.54, 1.807) is 0 Å². The third-order valence-corrected chi connectivity index (χ3v) is 3.47. The summed E-state index contributed by atoms with van der Waals surface area (Å²) in [5, 5.41) is 2.29. The number of rotatable bonds is 2. The molecule has 10 heteroatoms. The largest absolute Gasteiger partial charge is 0.417 e. The van der Waals surface area contributed by atoms with E-state index in [-0.39, 0.29) is 28.0 Å². The highest BCUT2D eigenvalue weighted by Crippen LogP contribution is 2.44. The zero-order valence-electron chi connectivity index (χ0n) is 11.5. The fourth-order valence-electron chi connectivity index (χ4n) is 2.05. The van der Waals surface area contributed by atoms with Gasteiger partial charge in [-0.3, -0.25) is 0 Å². The van der Waals surface area contributed by atoms with Gasteiger partial charge in [-0.25, -0.2) is 0 Å². The molecule has 0 fully saturated rings. The van der Waals surface area contributed by atoms with E-state index in [0.717, 1.165) is 12.1 Å². The first kappa shape index (κ1) is 18.1. The molecule has 0 bridgehead atoms. The van der Waals surface area contributed by atoms with Crippen LogP contribution in [0.15, 0.2) is 35.5 Å². The summed E-state index contributed by atoms with van der Waals surface area (Å²) < 4.78 is 77.6. The van der Waals surface area contributed by atoms with Crippen LogP contribution in [0, 0.1) is 4.91 Å². The van der Waals surface area contributed by atoms with Gasteiger partial charge in [0.15, 0.2) is 0 Å². The predicted octanol–water partition coefficient (Wildman–Crippen LogP) is 6.02. The van der Waals surface area contributed by atoms with Crippen molar-refractivity contribution in [2.45, 2.75) is 12.4 Å². The molecule has 0 saturated heterocycles. The van der Waals surface area contributed by atoms with Gasteiger partial charge < -0.3 is 5.73 Å². The van der Waals surface area contributed by atoms with Crippen LogP contribution in [-0.4, -0.2) is 0 Å². The number of anilines is 1. The van der Waals surface area contributed by atoms with Crippen LogP contribution < -0.4 is 5.73 Å². The fourth-order valence-corrected chi connectivity index (χ4v) is 2.33. The summed E-state index contributed by atoms with van der Waals surface area (Å²) in [7, 11) is 0. The van der Waals surface area contributed by atoms with Crippen LogP contribution in [-0.2, 0) is 12.4 Å². The third kappa shape index (κ3) is 3.45. The van der Waals surface area contributed by atoms with Crippen molar-refractivity contribution in [3.05, 3.63) is 51.4 Å². The lowest BCUT2D eigenvalue weighted by Gasteiger charge is -2.17. The summed E-state index contributed by atoms with van der Waals surface area (Å²) in [6.07, 6.45) is -10.0. The van der Waals surface area contributed by atoms with E-state index in [4.69, 9.17) is 17.3 Å². The molecule has 128 valence electrons. The van der Waals surface area contributed by atoms with Gasteiger partial charge in [0.2, 0.25) is 0 Å². The van der Waals surface area contributed by atoms with Gasteiger partial charge >= 0.3 is 12.4 Å². The van der Waals surface area contributed by atoms with Crippen molar-refractivity contribution in [2.24, 2.45) is 5.18 Å². The minimum atomic E-state index is -5.07. The molecule has 0 aromatic heterocycles. The fraction of sp³-hybridized carbons (Fsp3) is 0.143. The van der Waals surface area contributed by atoms with Crippen molar-refractivity contribution in [3.8, 4) is 11.1 Å². The lowest BCUT2D eigenvalue weighted by molar-refractivity contribution is -0.142. The first-order valence-corrected chi connectivity index (χ1v) is 6.54. The van der Waals surface area contributed by atoms with Crippen molar-refractivity contribution < 1.29 is 26.3 Å². The van der Waals surface area contributed by atoms with Gasteiger partial charge in [0.05, 0.1) is 21.8 Å². The Bertz CT molecular complexity index is 801. The van der Waals surface area contributed by atoms with Crippen LogP contribution in [0.4, 0.5) is 37.7 Å². The predicted molar refractivity (Wildman–Crippen MR) is 76.8 cm³/mol. The van der Waals surface area contributed by atoms with E-state index in [9.17, 15) is 31.2 Å². The Morgan fingerprint density at radius 1 is 0.917 bits per heavy atom. The van der Waals surface area contributed by atoms with Crippen molar-refractivity contribution in [1.29, 1.82) is 0 Å². The zero-order chi connectivity index (χ0) is 18.3. The first-order chi connectivity index (χ1) is 10.9.